The van der Waals surface area contributed by atoms with E-state index in [0.717, 1.165) is 13.0 Å². The molecule has 1 fully saturated rings. The lowest BCUT2D eigenvalue weighted by Crippen LogP contribution is -2.37. The van der Waals surface area contributed by atoms with Crippen molar-refractivity contribution in [3.63, 3.8) is 0 Å². The van der Waals surface area contributed by atoms with Crippen LogP contribution in [0.1, 0.15) is 12.8 Å². The Morgan fingerprint density at radius 2 is 2.42 bits per heavy atom. The molecule has 0 bridgehead atoms. The van der Waals surface area contributed by atoms with Crippen molar-refractivity contribution in [2.24, 2.45) is 0 Å². The molecule has 1 saturated heterocycles. The van der Waals surface area contributed by atoms with Crippen LogP contribution in [0.5, 0.6) is 0 Å². The molecule has 12 heavy (non-hydrogen) atoms. The summed E-state index contributed by atoms with van der Waals surface area (Å²) >= 11 is 5.31. The maximum Gasteiger partial charge on any atom is 0.234 e. The minimum absolute atomic E-state index is 0. The Balaban J connectivity index is 0.00000121. The summed E-state index contributed by atoms with van der Waals surface area (Å²) < 4.78 is 0. The van der Waals surface area contributed by atoms with Crippen LogP contribution in [-0.2, 0) is 4.79 Å². The van der Waals surface area contributed by atoms with Crippen molar-refractivity contribution in [2.75, 3.05) is 19.0 Å². The normalized spacial score (nSPS) is 21.6. The van der Waals surface area contributed by atoms with Crippen LogP contribution in [0.25, 0.3) is 0 Å². The predicted octanol–water partition coefficient (Wildman–Crippen LogP) is 0.515. The minimum Gasteiger partial charge on any atom is -0.354 e. The third kappa shape index (κ3) is 4.14. The predicted molar refractivity (Wildman–Crippen MR) is 52.0 cm³/mol. The Morgan fingerprint density at radius 3 is 2.92 bits per heavy atom. The molecule has 1 rings (SSSR count). The van der Waals surface area contributed by atoms with Gasteiger partial charge in [-0.3, -0.25) is 4.79 Å². The SMILES string of the molecule is Cl.O=C(CCl)NCC1CCCN1. The molecule has 3 nitrogen and oxygen atoms in total. The van der Waals surface area contributed by atoms with Crippen molar-refractivity contribution in [2.45, 2.75) is 18.9 Å². The zero-order chi connectivity index (χ0) is 8.10. The van der Waals surface area contributed by atoms with Gasteiger partial charge in [0.15, 0.2) is 0 Å². The third-order valence-electron chi connectivity index (χ3n) is 1.83. The molecule has 0 spiro atoms. The fourth-order valence-corrected chi connectivity index (χ4v) is 1.31. The van der Waals surface area contributed by atoms with Gasteiger partial charge in [0.25, 0.3) is 0 Å². The van der Waals surface area contributed by atoms with E-state index in [0.29, 0.717) is 12.6 Å². The maximum absolute atomic E-state index is 10.7. The van der Waals surface area contributed by atoms with Crippen LogP contribution in [0, 0.1) is 0 Å². The third-order valence-corrected chi connectivity index (χ3v) is 2.07. The average molecular weight is 213 g/mol. The molecule has 0 aromatic rings. The van der Waals surface area contributed by atoms with Crippen LogP contribution >= 0.6 is 24.0 Å². The fourth-order valence-electron chi connectivity index (χ4n) is 1.22. The molecule has 0 radical (unpaired) electrons. The second-order valence-corrected chi connectivity index (χ2v) is 3.00. The summed E-state index contributed by atoms with van der Waals surface area (Å²) in [5.74, 6) is -0.0208. The zero-order valence-electron chi connectivity index (χ0n) is 6.81. The highest BCUT2D eigenvalue weighted by Crippen LogP contribution is 2.02. The van der Waals surface area contributed by atoms with Crippen molar-refractivity contribution < 1.29 is 4.79 Å². The number of rotatable bonds is 3. The van der Waals surface area contributed by atoms with Gasteiger partial charge in [-0.15, -0.1) is 24.0 Å². The van der Waals surface area contributed by atoms with Crippen LogP contribution in [0.2, 0.25) is 0 Å². The molecule has 1 aliphatic rings. The second kappa shape index (κ2) is 6.52. The molecule has 5 heteroatoms. The highest BCUT2D eigenvalue weighted by atomic mass is 35.5. The molecule has 1 aliphatic heterocycles. The number of halogens is 2. The Hall–Kier alpha value is 0.01000. The first-order valence-electron chi connectivity index (χ1n) is 3.89. The Labute approximate surface area is 83.6 Å². The van der Waals surface area contributed by atoms with Crippen LogP contribution < -0.4 is 10.6 Å². The van der Waals surface area contributed by atoms with Gasteiger partial charge in [0.2, 0.25) is 5.91 Å². The lowest BCUT2D eigenvalue weighted by molar-refractivity contribution is -0.118. The van der Waals surface area contributed by atoms with Crippen molar-refractivity contribution in [3.8, 4) is 0 Å². The van der Waals surface area contributed by atoms with E-state index in [1.807, 2.05) is 0 Å². The van der Waals surface area contributed by atoms with Crippen molar-refractivity contribution >= 4 is 29.9 Å². The molecule has 1 amide bonds. The molecular formula is C7H14Cl2N2O. The lowest BCUT2D eigenvalue weighted by Gasteiger charge is -2.09. The number of hydrogen-bond donors (Lipinski definition) is 2. The minimum atomic E-state index is -0.0830. The Bertz CT molecular complexity index is 137. The standard InChI is InChI=1S/C7H13ClN2O.ClH/c8-4-7(11)10-5-6-2-1-3-9-6;/h6,9H,1-5H2,(H,10,11);1H. The second-order valence-electron chi connectivity index (χ2n) is 2.73. The van der Waals surface area contributed by atoms with E-state index < -0.39 is 0 Å². The summed E-state index contributed by atoms with van der Waals surface area (Å²) in [6, 6.07) is 0.460. The molecule has 0 aliphatic carbocycles. The van der Waals surface area contributed by atoms with Gasteiger partial charge >= 0.3 is 0 Å². The van der Waals surface area contributed by atoms with Gasteiger partial charge in [-0.2, -0.15) is 0 Å². The van der Waals surface area contributed by atoms with E-state index in [1.54, 1.807) is 0 Å². The first-order valence-corrected chi connectivity index (χ1v) is 4.42. The van der Waals surface area contributed by atoms with Crippen molar-refractivity contribution in [3.05, 3.63) is 0 Å². The summed E-state index contributed by atoms with van der Waals surface area (Å²) in [5, 5.41) is 6.02. The number of carbonyl (C=O) groups is 1. The maximum atomic E-state index is 10.7. The van der Waals surface area contributed by atoms with Crippen LogP contribution in [-0.4, -0.2) is 30.9 Å². The number of amides is 1. The van der Waals surface area contributed by atoms with Crippen LogP contribution in [0.15, 0.2) is 0 Å². The fraction of sp³-hybridized carbons (Fsp3) is 0.857. The zero-order valence-corrected chi connectivity index (χ0v) is 8.38. The van der Waals surface area contributed by atoms with E-state index in [4.69, 9.17) is 11.6 Å². The number of carbonyl (C=O) groups excluding carboxylic acids is 1. The molecule has 1 unspecified atom stereocenters. The molecule has 1 heterocycles. The summed E-state index contributed by atoms with van der Waals surface area (Å²) in [7, 11) is 0. The first kappa shape index (κ1) is 12.0. The molecule has 0 saturated carbocycles. The molecule has 2 N–H and O–H groups in total. The summed E-state index contributed by atoms with van der Waals surface area (Å²) in [6.45, 7) is 1.78. The van der Waals surface area contributed by atoms with Gasteiger partial charge in [-0.05, 0) is 19.4 Å². The van der Waals surface area contributed by atoms with E-state index in [2.05, 4.69) is 10.6 Å². The Morgan fingerprint density at radius 1 is 1.67 bits per heavy atom. The highest BCUT2D eigenvalue weighted by Gasteiger charge is 2.13. The van der Waals surface area contributed by atoms with E-state index in [9.17, 15) is 4.79 Å². The highest BCUT2D eigenvalue weighted by molar-refractivity contribution is 6.27. The molecule has 72 valence electrons. The number of alkyl halides is 1. The average Bonchev–Trinajstić information content (AvgIpc) is 2.52. The summed E-state index contributed by atoms with van der Waals surface area (Å²) in [4.78, 5) is 10.7. The van der Waals surface area contributed by atoms with Crippen LogP contribution in [0.3, 0.4) is 0 Å². The first-order chi connectivity index (χ1) is 5.33. The monoisotopic (exact) mass is 212 g/mol. The molecule has 0 aromatic heterocycles. The number of nitrogens with one attached hydrogen (secondary N) is 2. The lowest BCUT2D eigenvalue weighted by atomic mass is 10.2. The van der Waals surface area contributed by atoms with Crippen molar-refractivity contribution in [1.29, 1.82) is 0 Å². The Kier molecular flexibility index (Phi) is 6.52. The van der Waals surface area contributed by atoms with E-state index in [-0.39, 0.29) is 24.2 Å². The van der Waals surface area contributed by atoms with Gasteiger partial charge in [0, 0.05) is 12.6 Å². The van der Waals surface area contributed by atoms with Gasteiger partial charge in [0.1, 0.15) is 5.88 Å². The smallest absolute Gasteiger partial charge is 0.234 e. The quantitative estimate of drug-likeness (QED) is 0.671. The molecule has 0 aromatic carbocycles. The summed E-state index contributed by atoms with van der Waals surface area (Å²) in [6.07, 6.45) is 2.37. The van der Waals surface area contributed by atoms with Gasteiger partial charge in [0.05, 0.1) is 0 Å². The van der Waals surface area contributed by atoms with Gasteiger partial charge in [-0.1, -0.05) is 0 Å². The van der Waals surface area contributed by atoms with Gasteiger partial charge in [-0.25, -0.2) is 0 Å². The summed E-state index contributed by atoms with van der Waals surface area (Å²) in [5.41, 5.74) is 0. The van der Waals surface area contributed by atoms with Gasteiger partial charge < -0.3 is 10.6 Å². The van der Waals surface area contributed by atoms with E-state index >= 15 is 0 Å². The number of hydrogen-bond acceptors (Lipinski definition) is 2. The topological polar surface area (TPSA) is 41.1 Å². The molecule has 1 atom stereocenters. The largest absolute Gasteiger partial charge is 0.354 e. The van der Waals surface area contributed by atoms with Crippen LogP contribution in [0.4, 0.5) is 0 Å². The molecular weight excluding hydrogens is 199 g/mol. The van der Waals surface area contributed by atoms with E-state index in [1.165, 1.54) is 6.42 Å². The van der Waals surface area contributed by atoms with Crippen molar-refractivity contribution in [1.82, 2.24) is 10.6 Å².